The number of aliphatic hydroxyl groups is 1. The third-order valence-electron chi connectivity index (χ3n) is 2.24. The van der Waals surface area contributed by atoms with E-state index >= 15 is 0 Å². The summed E-state index contributed by atoms with van der Waals surface area (Å²) in [6.45, 7) is 1.04. The molecular formula is C11H16FNO2. The van der Waals surface area contributed by atoms with Gasteiger partial charge in [-0.3, -0.25) is 0 Å². The van der Waals surface area contributed by atoms with Crippen LogP contribution in [-0.2, 0) is 11.3 Å². The molecule has 1 rings (SSSR count). The maximum atomic E-state index is 13.5. The van der Waals surface area contributed by atoms with Gasteiger partial charge in [-0.1, -0.05) is 6.07 Å². The molecule has 1 aromatic rings. The third-order valence-corrected chi connectivity index (χ3v) is 2.24. The molecule has 15 heavy (non-hydrogen) atoms. The van der Waals surface area contributed by atoms with Crippen LogP contribution in [0, 0.1) is 5.82 Å². The summed E-state index contributed by atoms with van der Waals surface area (Å²) in [5, 5.41) is 8.83. The first-order valence-electron chi connectivity index (χ1n) is 4.78. The zero-order chi connectivity index (χ0) is 11.3. The van der Waals surface area contributed by atoms with Crippen LogP contribution in [0.2, 0.25) is 0 Å². The van der Waals surface area contributed by atoms with Crippen molar-refractivity contribution in [1.82, 2.24) is 0 Å². The minimum atomic E-state index is -0.319. The number of hydrogen-bond donors (Lipinski definition) is 1. The molecule has 0 aliphatic heterocycles. The van der Waals surface area contributed by atoms with Gasteiger partial charge in [-0.2, -0.15) is 0 Å². The molecule has 0 unspecified atom stereocenters. The Morgan fingerprint density at radius 3 is 2.73 bits per heavy atom. The van der Waals surface area contributed by atoms with E-state index in [0.717, 1.165) is 0 Å². The summed E-state index contributed by atoms with van der Waals surface area (Å²) in [6, 6.07) is 4.72. The number of rotatable bonds is 5. The molecule has 0 spiro atoms. The minimum Gasteiger partial charge on any atom is -0.392 e. The zero-order valence-corrected chi connectivity index (χ0v) is 9.03. The smallest absolute Gasteiger partial charge is 0.146 e. The van der Waals surface area contributed by atoms with E-state index < -0.39 is 0 Å². The Balaban J connectivity index is 2.76. The van der Waals surface area contributed by atoms with Gasteiger partial charge in [-0.05, 0) is 17.7 Å². The van der Waals surface area contributed by atoms with E-state index in [4.69, 9.17) is 9.84 Å². The van der Waals surface area contributed by atoms with Crippen LogP contribution >= 0.6 is 0 Å². The Hall–Kier alpha value is -1.13. The van der Waals surface area contributed by atoms with Gasteiger partial charge in [0.1, 0.15) is 5.82 Å². The Labute approximate surface area is 89.1 Å². The van der Waals surface area contributed by atoms with Crippen molar-refractivity contribution < 1.29 is 14.2 Å². The summed E-state index contributed by atoms with van der Waals surface area (Å²) in [5.74, 6) is -0.319. The molecular weight excluding hydrogens is 197 g/mol. The first-order chi connectivity index (χ1) is 7.19. The maximum Gasteiger partial charge on any atom is 0.146 e. The molecule has 0 saturated carbocycles. The molecule has 0 aromatic heterocycles. The van der Waals surface area contributed by atoms with E-state index in [1.807, 2.05) is 0 Å². The van der Waals surface area contributed by atoms with Gasteiger partial charge in [-0.25, -0.2) is 4.39 Å². The lowest BCUT2D eigenvalue weighted by Crippen LogP contribution is -2.23. The van der Waals surface area contributed by atoms with E-state index in [1.54, 1.807) is 31.2 Å². The number of hydrogen-bond acceptors (Lipinski definition) is 3. The highest BCUT2D eigenvalue weighted by molar-refractivity contribution is 5.48. The summed E-state index contributed by atoms with van der Waals surface area (Å²) in [6.07, 6.45) is 0. The number of nitrogens with zero attached hydrogens (tertiary/aromatic N) is 1. The van der Waals surface area contributed by atoms with Crippen molar-refractivity contribution in [2.75, 3.05) is 32.2 Å². The number of anilines is 1. The number of likely N-dealkylation sites (N-methyl/N-ethyl adjacent to an activating group) is 1. The highest BCUT2D eigenvalue weighted by Crippen LogP contribution is 2.19. The van der Waals surface area contributed by atoms with Crippen LogP contribution < -0.4 is 4.90 Å². The van der Waals surface area contributed by atoms with Gasteiger partial charge in [0.05, 0.1) is 18.9 Å². The van der Waals surface area contributed by atoms with E-state index in [0.29, 0.717) is 24.4 Å². The fraction of sp³-hybridized carbons (Fsp3) is 0.455. The Kier molecular flexibility index (Phi) is 4.52. The van der Waals surface area contributed by atoms with Gasteiger partial charge in [0, 0.05) is 20.7 Å². The minimum absolute atomic E-state index is 0.140. The van der Waals surface area contributed by atoms with E-state index in [-0.39, 0.29) is 12.4 Å². The molecule has 0 fully saturated rings. The largest absolute Gasteiger partial charge is 0.392 e. The molecule has 0 aliphatic rings. The summed E-state index contributed by atoms with van der Waals surface area (Å²) >= 11 is 0. The molecule has 1 N–H and O–H groups in total. The van der Waals surface area contributed by atoms with Crippen molar-refractivity contribution in [2.24, 2.45) is 0 Å². The predicted molar refractivity (Wildman–Crippen MR) is 57.5 cm³/mol. The monoisotopic (exact) mass is 213 g/mol. The van der Waals surface area contributed by atoms with E-state index in [9.17, 15) is 4.39 Å². The second kappa shape index (κ2) is 5.68. The molecule has 0 saturated heterocycles. The average molecular weight is 213 g/mol. The Morgan fingerprint density at radius 1 is 1.47 bits per heavy atom. The SMILES string of the molecule is COCCN(C)c1ccc(CO)cc1F. The molecule has 3 nitrogen and oxygen atoms in total. The average Bonchev–Trinajstić information content (AvgIpc) is 2.25. The first kappa shape index (κ1) is 11.9. The fourth-order valence-corrected chi connectivity index (χ4v) is 1.31. The lowest BCUT2D eigenvalue weighted by Gasteiger charge is -2.19. The molecule has 0 amide bonds. The van der Waals surface area contributed by atoms with Gasteiger partial charge in [0.2, 0.25) is 0 Å². The standard InChI is InChI=1S/C11H16FNO2/c1-13(5-6-15-2)11-4-3-9(8-14)7-10(11)12/h3-4,7,14H,5-6,8H2,1-2H3. The fourth-order valence-electron chi connectivity index (χ4n) is 1.31. The number of halogens is 1. The summed E-state index contributed by atoms with van der Waals surface area (Å²) in [4.78, 5) is 1.78. The van der Waals surface area contributed by atoms with Crippen LogP contribution in [0.4, 0.5) is 10.1 Å². The van der Waals surface area contributed by atoms with Crippen molar-refractivity contribution in [1.29, 1.82) is 0 Å². The van der Waals surface area contributed by atoms with E-state index in [2.05, 4.69) is 0 Å². The number of benzene rings is 1. The van der Waals surface area contributed by atoms with Crippen LogP contribution in [0.1, 0.15) is 5.56 Å². The lowest BCUT2D eigenvalue weighted by atomic mass is 10.2. The normalized spacial score (nSPS) is 10.4. The molecule has 0 bridgehead atoms. The van der Waals surface area contributed by atoms with Crippen LogP contribution in [0.5, 0.6) is 0 Å². The summed E-state index contributed by atoms with van der Waals surface area (Å²) < 4.78 is 18.4. The number of methoxy groups -OCH3 is 1. The van der Waals surface area contributed by atoms with Crippen LogP contribution in [-0.4, -0.2) is 32.4 Å². The van der Waals surface area contributed by atoms with Crippen LogP contribution in [0.25, 0.3) is 0 Å². The van der Waals surface area contributed by atoms with Crippen molar-refractivity contribution in [2.45, 2.75) is 6.61 Å². The first-order valence-corrected chi connectivity index (χ1v) is 4.78. The zero-order valence-electron chi connectivity index (χ0n) is 9.03. The van der Waals surface area contributed by atoms with Crippen molar-refractivity contribution in [3.63, 3.8) is 0 Å². The predicted octanol–water partition coefficient (Wildman–Crippen LogP) is 1.40. The molecule has 4 heteroatoms. The highest BCUT2D eigenvalue weighted by atomic mass is 19.1. The number of ether oxygens (including phenoxy) is 1. The third kappa shape index (κ3) is 3.18. The summed E-state index contributed by atoms with van der Waals surface area (Å²) in [5.41, 5.74) is 1.10. The molecule has 0 aliphatic carbocycles. The van der Waals surface area contributed by atoms with Crippen LogP contribution in [0.15, 0.2) is 18.2 Å². The highest BCUT2D eigenvalue weighted by Gasteiger charge is 2.07. The lowest BCUT2D eigenvalue weighted by molar-refractivity contribution is 0.206. The Morgan fingerprint density at radius 2 is 2.20 bits per heavy atom. The van der Waals surface area contributed by atoms with Crippen molar-refractivity contribution in [3.05, 3.63) is 29.6 Å². The molecule has 0 heterocycles. The van der Waals surface area contributed by atoms with Crippen molar-refractivity contribution >= 4 is 5.69 Å². The molecule has 84 valence electrons. The van der Waals surface area contributed by atoms with Gasteiger partial charge in [0.25, 0.3) is 0 Å². The molecule has 1 aromatic carbocycles. The van der Waals surface area contributed by atoms with Gasteiger partial charge < -0.3 is 14.7 Å². The van der Waals surface area contributed by atoms with Gasteiger partial charge >= 0.3 is 0 Å². The van der Waals surface area contributed by atoms with Gasteiger partial charge in [0.15, 0.2) is 0 Å². The second-order valence-electron chi connectivity index (χ2n) is 3.36. The molecule has 0 radical (unpaired) electrons. The number of aliphatic hydroxyl groups excluding tert-OH is 1. The maximum absolute atomic E-state index is 13.5. The second-order valence-corrected chi connectivity index (χ2v) is 3.36. The quantitative estimate of drug-likeness (QED) is 0.802. The topological polar surface area (TPSA) is 32.7 Å². The van der Waals surface area contributed by atoms with Crippen molar-refractivity contribution in [3.8, 4) is 0 Å². The Bertz CT molecular complexity index is 317. The van der Waals surface area contributed by atoms with Crippen LogP contribution in [0.3, 0.4) is 0 Å². The summed E-state index contributed by atoms with van der Waals surface area (Å²) in [7, 11) is 3.41. The molecule has 0 atom stereocenters. The van der Waals surface area contributed by atoms with Gasteiger partial charge in [-0.15, -0.1) is 0 Å². The van der Waals surface area contributed by atoms with E-state index in [1.165, 1.54) is 6.07 Å².